The lowest BCUT2D eigenvalue weighted by molar-refractivity contribution is 0.336. The van der Waals surface area contributed by atoms with Crippen LogP contribution in [-0.2, 0) is 0 Å². The molecule has 3 N–H and O–H groups in total. The van der Waals surface area contributed by atoms with Crippen LogP contribution in [0.25, 0.3) is 0 Å². The van der Waals surface area contributed by atoms with Crippen LogP contribution in [0.5, 0.6) is 0 Å². The molecule has 2 heteroatoms. The monoisotopic (exact) mass is 156 g/mol. The van der Waals surface area contributed by atoms with E-state index in [2.05, 4.69) is 12.2 Å². The zero-order valence-corrected chi connectivity index (χ0v) is 7.47. The minimum Gasteiger partial charge on any atom is -0.328 e. The van der Waals surface area contributed by atoms with Gasteiger partial charge < -0.3 is 11.1 Å². The summed E-state index contributed by atoms with van der Waals surface area (Å²) in [6.45, 7) is 3.23. The Labute approximate surface area is 69.5 Å². The molecule has 0 amide bonds. The van der Waals surface area contributed by atoms with Crippen LogP contribution in [0.2, 0.25) is 0 Å². The Bertz CT molecular complexity index is 97.7. The molecule has 0 radical (unpaired) electrons. The van der Waals surface area contributed by atoms with E-state index >= 15 is 0 Å². The molecule has 2 nitrogen and oxygen atoms in total. The number of hydrogen-bond acceptors (Lipinski definition) is 2. The molecule has 0 aromatic carbocycles. The van der Waals surface area contributed by atoms with Crippen LogP contribution in [0.4, 0.5) is 0 Å². The smallest absolute Gasteiger partial charge is 0.00670 e. The van der Waals surface area contributed by atoms with E-state index in [0.29, 0.717) is 6.04 Å². The molecule has 0 heterocycles. The van der Waals surface area contributed by atoms with Gasteiger partial charge in [0.1, 0.15) is 0 Å². The zero-order valence-electron chi connectivity index (χ0n) is 7.47. The predicted molar refractivity (Wildman–Crippen MR) is 48.5 cm³/mol. The van der Waals surface area contributed by atoms with Crippen LogP contribution in [0.15, 0.2) is 0 Å². The van der Waals surface area contributed by atoms with Gasteiger partial charge in [-0.2, -0.15) is 0 Å². The maximum absolute atomic E-state index is 5.63. The number of hydrogen-bond donors (Lipinski definition) is 2. The van der Waals surface area contributed by atoms with Gasteiger partial charge in [-0.05, 0) is 39.2 Å². The standard InChI is InChI=1S/C9H20N2/c1-8(10)4-3-7-11-9-5-2-6-9/h8-9,11H,2-7,10H2,1H3. The first-order chi connectivity index (χ1) is 5.29. The molecule has 1 unspecified atom stereocenters. The number of nitrogens with two attached hydrogens (primary N) is 1. The van der Waals surface area contributed by atoms with Crippen molar-refractivity contribution in [2.75, 3.05) is 6.54 Å². The second-order valence-corrected chi connectivity index (χ2v) is 3.70. The summed E-state index contributed by atoms with van der Waals surface area (Å²) >= 11 is 0. The molecular weight excluding hydrogens is 136 g/mol. The van der Waals surface area contributed by atoms with E-state index in [-0.39, 0.29) is 0 Å². The van der Waals surface area contributed by atoms with Gasteiger partial charge in [0.25, 0.3) is 0 Å². The average molecular weight is 156 g/mol. The molecule has 0 spiro atoms. The number of rotatable bonds is 5. The summed E-state index contributed by atoms with van der Waals surface area (Å²) in [5.74, 6) is 0. The molecule has 1 rings (SSSR count). The van der Waals surface area contributed by atoms with Crippen molar-refractivity contribution in [1.82, 2.24) is 5.32 Å². The van der Waals surface area contributed by atoms with E-state index in [1.807, 2.05) is 0 Å². The van der Waals surface area contributed by atoms with Gasteiger partial charge in [0, 0.05) is 12.1 Å². The Morgan fingerprint density at radius 3 is 2.73 bits per heavy atom. The van der Waals surface area contributed by atoms with Gasteiger partial charge in [-0.15, -0.1) is 0 Å². The van der Waals surface area contributed by atoms with Crippen LogP contribution >= 0.6 is 0 Å². The molecule has 1 fully saturated rings. The molecule has 0 bridgehead atoms. The Balaban J connectivity index is 1.80. The van der Waals surface area contributed by atoms with Gasteiger partial charge in [0.2, 0.25) is 0 Å². The van der Waals surface area contributed by atoms with E-state index in [0.717, 1.165) is 19.0 Å². The molecule has 1 atom stereocenters. The molecule has 66 valence electrons. The fourth-order valence-corrected chi connectivity index (χ4v) is 1.34. The molecule has 0 saturated heterocycles. The van der Waals surface area contributed by atoms with E-state index in [1.54, 1.807) is 0 Å². The maximum atomic E-state index is 5.63. The molecule has 0 aliphatic heterocycles. The topological polar surface area (TPSA) is 38.0 Å². The van der Waals surface area contributed by atoms with Crippen molar-refractivity contribution in [3.63, 3.8) is 0 Å². The Morgan fingerprint density at radius 2 is 2.27 bits per heavy atom. The summed E-state index contributed by atoms with van der Waals surface area (Å²) in [6, 6.07) is 1.21. The van der Waals surface area contributed by atoms with Crippen molar-refractivity contribution in [1.29, 1.82) is 0 Å². The summed E-state index contributed by atoms with van der Waals surface area (Å²) in [4.78, 5) is 0. The summed E-state index contributed by atoms with van der Waals surface area (Å²) in [7, 11) is 0. The highest BCUT2D eigenvalue weighted by Crippen LogP contribution is 2.17. The lowest BCUT2D eigenvalue weighted by atomic mass is 9.93. The Morgan fingerprint density at radius 1 is 1.55 bits per heavy atom. The third kappa shape index (κ3) is 3.73. The van der Waals surface area contributed by atoms with Crippen molar-refractivity contribution in [3.05, 3.63) is 0 Å². The first kappa shape index (κ1) is 9.01. The Kier molecular flexibility index (Phi) is 3.87. The first-order valence-corrected chi connectivity index (χ1v) is 4.78. The normalized spacial score (nSPS) is 21.3. The van der Waals surface area contributed by atoms with Crippen LogP contribution in [0.1, 0.15) is 39.0 Å². The van der Waals surface area contributed by atoms with E-state index in [4.69, 9.17) is 5.73 Å². The fraction of sp³-hybridized carbons (Fsp3) is 1.00. The molecular formula is C9H20N2. The fourth-order valence-electron chi connectivity index (χ4n) is 1.34. The van der Waals surface area contributed by atoms with E-state index in [9.17, 15) is 0 Å². The van der Waals surface area contributed by atoms with Crippen molar-refractivity contribution in [3.8, 4) is 0 Å². The van der Waals surface area contributed by atoms with Gasteiger partial charge >= 0.3 is 0 Å². The van der Waals surface area contributed by atoms with Crippen LogP contribution < -0.4 is 11.1 Å². The molecule has 1 saturated carbocycles. The van der Waals surface area contributed by atoms with E-state index in [1.165, 1.54) is 25.7 Å². The Hall–Kier alpha value is -0.0800. The van der Waals surface area contributed by atoms with Gasteiger partial charge in [-0.3, -0.25) is 0 Å². The maximum Gasteiger partial charge on any atom is 0.00670 e. The highest BCUT2D eigenvalue weighted by molar-refractivity contribution is 4.75. The predicted octanol–water partition coefficient (Wildman–Crippen LogP) is 1.26. The van der Waals surface area contributed by atoms with Gasteiger partial charge in [-0.1, -0.05) is 6.42 Å². The van der Waals surface area contributed by atoms with Crippen LogP contribution in [-0.4, -0.2) is 18.6 Å². The second kappa shape index (κ2) is 4.73. The van der Waals surface area contributed by atoms with Crippen LogP contribution in [0, 0.1) is 0 Å². The molecule has 0 aromatic heterocycles. The largest absolute Gasteiger partial charge is 0.328 e. The third-order valence-electron chi connectivity index (χ3n) is 2.37. The second-order valence-electron chi connectivity index (χ2n) is 3.70. The van der Waals surface area contributed by atoms with Crippen molar-refractivity contribution in [2.45, 2.75) is 51.1 Å². The summed E-state index contributed by atoms with van der Waals surface area (Å²) in [5.41, 5.74) is 5.63. The summed E-state index contributed by atoms with van der Waals surface area (Å²) in [5, 5.41) is 3.52. The minimum absolute atomic E-state index is 0.373. The molecule has 11 heavy (non-hydrogen) atoms. The minimum atomic E-state index is 0.373. The summed E-state index contributed by atoms with van der Waals surface area (Å²) in [6.07, 6.45) is 6.58. The van der Waals surface area contributed by atoms with Crippen molar-refractivity contribution < 1.29 is 0 Å². The van der Waals surface area contributed by atoms with Gasteiger partial charge in [0.15, 0.2) is 0 Å². The molecule has 0 aromatic rings. The zero-order chi connectivity index (χ0) is 8.10. The average Bonchev–Trinajstić information content (AvgIpc) is 1.82. The first-order valence-electron chi connectivity index (χ1n) is 4.78. The SMILES string of the molecule is CC(N)CCCNC1CCC1. The lowest BCUT2D eigenvalue weighted by Crippen LogP contribution is -2.36. The van der Waals surface area contributed by atoms with E-state index < -0.39 is 0 Å². The highest BCUT2D eigenvalue weighted by Gasteiger charge is 2.15. The van der Waals surface area contributed by atoms with Crippen molar-refractivity contribution in [2.24, 2.45) is 5.73 Å². The van der Waals surface area contributed by atoms with Crippen LogP contribution in [0.3, 0.4) is 0 Å². The van der Waals surface area contributed by atoms with Gasteiger partial charge in [0.05, 0.1) is 0 Å². The third-order valence-corrected chi connectivity index (χ3v) is 2.37. The molecule has 1 aliphatic carbocycles. The highest BCUT2D eigenvalue weighted by atomic mass is 14.9. The number of nitrogens with one attached hydrogen (secondary N) is 1. The quantitative estimate of drug-likeness (QED) is 0.588. The summed E-state index contributed by atoms with van der Waals surface area (Å²) < 4.78 is 0. The van der Waals surface area contributed by atoms with Gasteiger partial charge in [-0.25, -0.2) is 0 Å². The van der Waals surface area contributed by atoms with Crippen molar-refractivity contribution >= 4 is 0 Å². The lowest BCUT2D eigenvalue weighted by Gasteiger charge is -2.26. The molecule has 1 aliphatic rings.